The van der Waals surface area contributed by atoms with Gasteiger partial charge in [0.2, 0.25) is 17.7 Å². The lowest BCUT2D eigenvalue weighted by atomic mass is 10.2. The van der Waals surface area contributed by atoms with Crippen molar-refractivity contribution in [2.24, 2.45) is 0 Å². The second kappa shape index (κ2) is 7.18. The molecule has 0 bridgehead atoms. The van der Waals surface area contributed by atoms with Crippen LogP contribution >= 0.6 is 0 Å². The Morgan fingerprint density at radius 3 is 2.92 bits per heavy atom. The zero-order valence-electron chi connectivity index (χ0n) is 14.6. The summed E-state index contributed by atoms with van der Waals surface area (Å²) in [7, 11) is 0. The molecule has 0 spiro atoms. The van der Waals surface area contributed by atoms with Crippen LogP contribution in [0.5, 0.6) is 0 Å². The predicted octanol–water partition coefficient (Wildman–Crippen LogP) is 1.26. The Labute approximate surface area is 145 Å². The minimum absolute atomic E-state index is 0.0256. The van der Waals surface area contributed by atoms with E-state index >= 15 is 0 Å². The summed E-state index contributed by atoms with van der Waals surface area (Å²) in [6.07, 6.45) is 1.62. The summed E-state index contributed by atoms with van der Waals surface area (Å²) in [5, 5.41) is 8.10. The van der Waals surface area contributed by atoms with E-state index in [1.54, 1.807) is 30.2 Å². The second-order valence-corrected chi connectivity index (χ2v) is 6.44. The topological polar surface area (TPSA) is 90.5 Å². The van der Waals surface area contributed by atoms with Crippen LogP contribution in [0.25, 0.3) is 0 Å². The van der Waals surface area contributed by atoms with E-state index < -0.39 is 6.04 Å². The molecule has 0 saturated carbocycles. The fraction of sp³-hybridized carbons (Fsp3) is 0.529. The first kappa shape index (κ1) is 17.3. The highest BCUT2D eigenvalue weighted by Crippen LogP contribution is 2.25. The number of rotatable bonds is 4. The number of morpholine rings is 1. The first-order chi connectivity index (χ1) is 12.0. The summed E-state index contributed by atoms with van der Waals surface area (Å²) in [5.41, 5.74) is 0.438. The van der Waals surface area contributed by atoms with Gasteiger partial charge in [-0.15, -0.1) is 10.2 Å². The Morgan fingerprint density at radius 1 is 1.40 bits per heavy atom. The van der Waals surface area contributed by atoms with E-state index in [1.807, 2.05) is 13.8 Å². The van der Waals surface area contributed by atoms with Crippen molar-refractivity contribution in [1.29, 1.82) is 0 Å². The molecule has 1 fully saturated rings. The monoisotopic (exact) mass is 346 g/mol. The number of aromatic nitrogens is 3. The van der Waals surface area contributed by atoms with Crippen LogP contribution in [-0.2, 0) is 16.1 Å². The fourth-order valence-corrected chi connectivity index (χ4v) is 2.74. The average molecular weight is 346 g/mol. The maximum atomic E-state index is 12.8. The molecular formula is C17H22N4O4. The van der Waals surface area contributed by atoms with Crippen LogP contribution in [0.4, 0.5) is 0 Å². The Bertz CT molecular complexity index is 811. The van der Waals surface area contributed by atoms with Crippen molar-refractivity contribution in [2.75, 3.05) is 19.8 Å². The zero-order valence-corrected chi connectivity index (χ0v) is 14.6. The van der Waals surface area contributed by atoms with Gasteiger partial charge in [-0.05, 0) is 13.0 Å². The molecule has 8 nitrogen and oxygen atoms in total. The third-order valence-electron chi connectivity index (χ3n) is 4.20. The van der Waals surface area contributed by atoms with Gasteiger partial charge in [0.15, 0.2) is 0 Å². The first-order valence-electron chi connectivity index (χ1n) is 8.34. The highest BCUT2D eigenvalue weighted by atomic mass is 16.5. The predicted molar refractivity (Wildman–Crippen MR) is 89.1 cm³/mol. The SMILES string of the molecule is Cc1cccn(CC(=O)N2CCOC[C@H]2c2nnc(C(C)C)o2)c1=O. The smallest absolute Gasteiger partial charge is 0.253 e. The molecule has 1 atom stereocenters. The van der Waals surface area contributed by atoms with Crippen LogP contribution in [0.2, 0.25) is 0 Å². The molecule has 2 aromatic heterocycles. The lowest BCUT2D eigenvalue weighted by molar-refractivity contribution is -0.142. The molecule has 25 heavy (non-hydrogen) atoms. The number of hydrogen-bond donors (Lipinski definition) is 0. The lowest BCUT2D eigenvalue weighted by Gasteiger charge is -2.33. The normalized spacial score (nSPS) is 17.9. The zero-order chi connectivity index (χ0) is 18.0. The average Bonchev–Trinajstić information content (AvgIpc) is 3.09. The van der Waals surface area contributed by atoms with E-state index in [-0.39, 0.29) is 23.9 Å². The first-order valence-corrected chi connectivity index (χ1v) is 8.34. The standard InChI is InChI=1S/C17H22N4O4/c1-11(2)15-18-19-16(25-15)13-10-24-8-7-21(13)14(22)9-20-6-4-5-12(3)17(20)23/h4-6,11,13H,7-10H2,1-3H3/t13-/m0/s1. The maximum absolute atomic E-state index is 12.8. The molecular weight excluding hydrogens is 324 g/mol. The Hall–Kier alpha value is -2.48. The molecule has 134 valence electrons. The lowest BCUT2D eigenvalue weighted by Crippen LogP contribution is -2.45. The van der Waals surface area contributed by atoms with Gasteiger partial charge in [-0.25, -0.2) is 0 Å². The molecule has 1 saturated heterocycles. The van der Waals surface area contributed by atoms with Crippen LogP contribution in [0, 0.1) is 6.92 Å². The molecule has 0 aromatic carbocycles. The largest absolute Gasteiger partial charge is 0.423 e. The van der Waals surface area contributed by atoms with Crippen molar-refractivity contribution in [2.45, 2.75) is 39.3 Å². The quantitative estimate of drug-likeness (QED) is 0.828. The molecule has 1 amide bonds. The highest BCUT2D eigenvalue weighted by molar-refractivity contribution is 5.76. The van der Waals surface area contributed by atoms with Crippen molar-refractivity contribution in [1.82, 2.24) is 19.7 Å². The number of hydrogen-bond acceptors (Lipinski definition) is 6. The third kappa shape index (κ3) is 3.63. The van der Waals surface area contributed by atoms with Gasteiger partial charge in [0.1, 0.15) is 12.6 Å². The van der Waals surface area contributed by atoms with Crippen LogP contribution in [0.15, 0.2) is 27.5 Å². The van der Waals surface area contributed by atoms with E-state index in [0.29, 0.717) is 37.1 Å². The van der Waals surface area contributed by atoms with Crippen LogP contribution in [0.3, 0.4) is 0 Å². The van der Waals surface area contributed by atoms with Gasteiger partial charge in [-0.3, -0.25) is 9.59 Å². The summed E-state index contributed by atoms with van der Waals surface area (Å²) >= 11 is 0. The van der Waals surface area contributed by atoms with Crippen molar-refractivity contribution < 1.29 is 13.9 Å². The van der Waals surface area contributed by atoms with Crippen molar-refractivity contribution in [3.05, 3.63) is 46.0 Å². The maximum Gasteiger partial charge on any atom is 0.253 e. The van der Waals surface area contributed by atoms with Crippen LogP contribution < -0.4 is 5.56 Å². The third-order valence-corrected chi connectivity index (χ3v) is 4.20. The molecule has 0 radical (unpaired) electrons. The molecule has 8 heteroatoms. The van der Waals surface area contributed by atoms with Gasteiger partial charge in [-0.1, -0.05) is 19.9 Å². The fourth-order valence-electron chi connectivity index (χ4n) is 2.74. The molecule has 0 N–H and O–H groups in total. The Balaban J connectivity index is 1.81. The number of aryl methyl sites for hydroxylation is 1. The summed E-state index contributed by atoms with van der Waals surface area (Å²) in [6, 6.07) is 3.06. The molecule has 0 unspecified atom stereocenters. The van der Waals surface area contributed by atoms with Gasteiger partial charge in [0.25, 0.3) is 5.56 Å². The van der Waals surface area contributed by atoms with Crippen LogP contribution in [0.1, 0.15) is 43.2 Å². The molecule has 1 aliphatic rings. The van der Waals surface area contributed by atoms with Gasteiger partial charge in [-0.2, -0.15) is 0 Å². The number of ether oxygens (including phenoxy) is 1. The summed E-state index contributed by atoms with van der Waals surface area (Å²) in [6.45, 7) is 6.78. The van der Waals surface area contributed by atoms with E-state index in [4.69, 9.17) is 9.15 Å². The second-order valence-electron chi connectivity index (χ2n) is 6.44. The summed E-state index contributed by atoms with van der Waals surface area (Å²) < 4.78 is 12.6. The van der Waals surface area contributed by atoms with Crippen LogP contribution in [-0.4, -0.2) is 45.3 Å². The molecule has 2 aromatic rings. The highest BCUT2D eigenvalue weighted by Gasteiger charge is 2.33. The van der Waals surface area contributed by atoms with E-state index in [0.717, 1.165) is 0 Å². The Morgan fingerprint density at radius 2 is 2.20 bits per heavy atom. The van der Waals surface area contributed by atoms with Gasteiger partial charge in [0, 0.05) is 24.2 Å². The van der Waals surface area contributed by atoms with Crippen molar-refractivity contribution in [3.8, 4) is 0 Å². The van der Waals surface area contributed by atoms with E-state index in [9.17, 15) is 9.59 Å². The number of carbonyl (C=O) groups excluding carboxylic acids is 1. The molecule has 1 aliphatic heterocycles. The van der Waals surface area contributed by atoms with E-state index in [2.05, 4.69) is 10.2 Å². The minimum Gasteiger partial charge on any atom is -0.423 e. The number of pyridine rings is 1. The van der Waals surface area contributed by atoms with Crippen molar-refractivity contribution in [3.63, 3.8) is 0 Å². The van der Waals surface area contributed by atoms with Gasteiger partial charge >= 0.3 is 0 Å². The van der Waals surface area contributed by atoms with Gasteiger partial charge in [0.05, 0.1) is 13.2 Å². The van der Waals surface area contributed by atoms with E-state index in [1.165, 1.54) is 4.57 Å². The molecule has 3 heterocycles. The minimum atomic E-state index is -0.429. The summed E-state index contributed by atoms with van der Waals surface area (Å²) in [4.78, 5) is 26.6. The number of nitrogens with zero attached hydrogens (tertiary/aromatic N) is 4. The Kier molecular flexibility index (Phi) is 4.98. The van der Waals surface area contributed by atoms with Gasteiger partial charge < -0.3 is 18.6 Å². The number of amides is 1. The number of carbonyl (C=O) groups is 1. The van der Waals surface area contributed by atoms with Crippen molar-refractivity contribution >= 4 is 5.91 Å². The molecule has 0 aliphatic carbocycles. The summed E-state index contributed by atoms with van der Waals surface area (Å²) in [5.74, 6) is 0.835. The molecule has 3 rings (SSSR count).